The highest BCUT2D eigenvalue weighted by Crippen LogP contribution is 2.32. The summed E-state index contributed by atoms with van der Waals surface area (Å²) in [7, 11) is 0. The highest BCUT2D eigenvalue weighted by molar-refractivity contribution is 5.92. The molecule has 1 amide bonds. The van der Waals surface area contributed by atoms with Gasteiger partial charge in [0.05, 0.1) is 18.3 Å². The van der Waals surface area contributed by atoms with Crippen LogP contribution in [-0.4, -0.2) is 55.7 Å². The smallest absolute Gasteiger partial charge is 0.293 e. The zero-order valence-electron chi connectivity index (χ0n) is 14.0. The number of nitrogens with one attached hydrogen (secondary N) is 1. The second-order valence-electron chi connectivity index (χ2n) is 6.83. The van der Waals surface area contributed by atoms with Crippen molar-refractivity contribution >= 4 is 17.4 Å². The third kappa shape index (κ3) is 2.39. The van der Waals surface area contributed by atoms with Gasteiger partial charge in [0.1, 0.15) is 5.82 Å². The summed E-state index contributed by atoms with van der Waals surface area (Å²) in [6.45, 7) is 1.55. The Balaban J connectivity index is 1.42. The number of fused-ring (bicyclic) bond motifs is 3. The molecule has 2 atom stereocenters. The Morgan fingerprint density at radius 2 is 2.12 bits per heavy atom. The van der Waals surface area contributed by atoms with Crippen LogP contribution in [0.1, 0.15) is 29.8 Å². The highest BCUT2D eigenvalue weighted by Gasteiger charge is 2.41. The lowest BCUT2D eigenvalue weighted by Crippen LogP contribution is -2.43. The fraction of sp³-hybridized carbons (Fsp3) is 0.412. The average Bonchev–Trinajstić information content (AvgIpc) is 3.32. The van der Waals surface area contributed by atoms with Gasteiger partial charge in [-0.15, -0.1) is 0 Å². The monoisotopic (exact) mass is 354 g/mol. The highest BCUT2D eigenvalue weighted by atomic mass is 16.5. The molecule has 0 aliphatic carbocycles. The van der Waals surface area contributed by atoms with Crippen LogP contribution in [0.4, 0.5) is 5.82 Å². The van der Waals surface area contributed by atoms with E-state index in [0.717, 1.165) is 37.3 Å². The summed E-state index contributed by atoms with van der Waals surface area (Å²) in [4.78, 5) is 32.9. The summed E-state index contributed by atoms with van der Waals surface area (Å²) >= 11 is 0. The molecule has 3 aromatic rings. The van der Waals surface area contributed by atoms with Gasteiger partial charge in [-0.25, -0.2) is 9.50 Å². The van der Waals surface area contributed by atoms with E-state index in [-0.39, 0.29) is 23.8 Å². The fourth-order valence-corrected chi connectivity index (χ4v) is 4.11. The SMILES string of the molecule is O=C(c1cc(=O)[nH]o1)N1C2CCC1CN(c1ccn3nccc3n1)CC2. The Kier molecular flexibility index (Phi) is 3.34. The number of H-pyrrole nitrogens is 1. The van der Waals surface area contributed by atoms with Crippen LogP contribution >= 0.6 is 0 Å². The van der Waals surface area contributed by atoms with E-state index in [2.05, 4.69) is 20.1 Å². The Morgan fingerprint density at radius 1 is 1.23 bits per heavy atom. The first-order valence-corrected chi connectivity index (χ1v) is 8.75. The summed E-state index contributed by atoms with van der Waals surface area (Å²) in [5.74, 6) is 0.766. The van der Waals surface area contributed by atoms with Crippen LogP contribution in [0.3, 0.4) is 0 Å². The van der Waals surface area contributed by atoms with Crippen molar-refractivity contribution in [3.8, 4) is 0 Å². The Labute approximate surface area is 148 Å². The number of hydrogen-bond donors (Lipinski definition) is 1. The van der Waals surface area contributed by atoms with E-state index >= 15 is 0 Å². The first-order valence-electron chi connectivity index (χ1n) is 8.75. The van der Waals surface area contributed by atoms with Crippen LogP contribution in [0.2, 0.25) is 0 Å². The lowest BCUT2D eigenvalue weighted by atomic mass is 10.1. The lowest BCUT2D eigenvalue weighted by molar-refractivity contribution is 0.0638. The molecule has 134 valence electrons. The van der Waals surface area contributed by atoms with E-state index in [1.165, 1.54) is 6.07 Å². The number of aromatic amines is 1. The molecule has 2 aliphatic heterocycles. The number of carbonyl (C=O) groups is 1. The van der Waals surface area contributed by atoms with Crippen LogP contribution in [0.15, 0.2) is 39.9 Å². The number of nitrogens with zero attached hydrogens (tertiary/aromatic N) is 5. The zero-order valence-corrected chi connectivity index (χ0v) is 14.0. The summed E-state index contributed by atoms with van der Waals surface area (Å²) in [6, 6.07) is 5.29. The van der Waals surface area contributed by atoms with Gasteiger partial charge >= 0.3 is 0 Å². The first kappa shape index (κ1) is 15.2. The van der Waals surface area contributed by atoms with Crippen LogP contribution < -0.4 is 10.5 Å². The molecule has 9 heteroatoms. The Bertz CT molecular complexity index is 1020. The van der Waals surface area contributed by atoms with Crippen molar-refractivity contribution in [3.63, 3.8) is 0 Å². The van der Waals surface area contributed by atoms with Gasteiger partial charge in [-0.2, -0.15) is 10.3 Å². The van der Waals surface area contributed by atoms with Gasteiger partial charge in [-0.3, -0.25) is 9.59 Å². The van der Waals surface area contributed by atoms with Crippen LogP contribution in [-0.2, 0) is 0 Å². The van der Waals surface area contributed by atoms with E-state index in [0.29, 0.717) is 6.54 Å². The molecule has 0 radical (unpaired) electrons. The second kappa shape index (κ2) is 5.72. The van der Waals surface area contributed by atoms with E-state index in [4.69, 9.17) is 4.52 Å². The van der Waals surface area contributed by atoms with Crippen molar-refractivity contribution < 1.29 is 9.32 Å². The van der Waals surface area contributed by atoms with Gasteiger partial charge in [-0.1, -0.05) is 0 Å². The van der Waals surface area contributed by atoms with Crippen LogP contribution in [0.5, 0.6) is 0 Å². The minimum absolute atomic E-state index is 0.0816. The summed E-state index contributed by atoms with van der Waals surface area (Å²) < 4.78 is 6.76. The standard InChI is InChI=1S/C17H18N6O3/c24-16-9-13(26-20-16)17(25)23-11-1-2-12(23)10-21(7-4-11)14-5-8-22-15(19-14)3-6-18-22/h3,5-6,8-9,11-12H,1-2,4,7,10H2,(H,20,24). The first-order chi connectivity index (χ1) is 12.7. The fourth-order valence-electron chi connectivity index (χ4n) is 4.11. The van der Waals surface area contributed by atoms with Crippen molar-refractivity contribution in [1.29, 1.82) is 0 Å². The maximum Gasteiger partial charge on any atom is 0.293 e. The molecule has 0 aromatic carbocycles. The molecular formula is C17H18N6O3. The lowest BCUT2D eigenvalue weighted by Gasteiger charge is -2.28. The minimum atomic E-state index is -0.393. The maximum atomic E-state index is 12.8. The molecule has 1 N–H and O–H groups in total. The maximum absolute atomic E-state index is 12.8. The zero-order chi connectivity index (χ0) is 17.7. The Hall–Kier alpha value is -3.10. The molecule has 2 aliphatic rings. The van der Waals surface area contributed by atoms with Gasteiger partial charge in [0, 0.05) is 31.4 Å². The van der Waals surface area contributed by atoms with E-state index in [9.17, 15) is 9.59 Å². The van der Waals surface area contributed by atoms with Gasteiger partial charge < -0.3 is 14.3 Å². The Morgan fingerprint density at radius 3 is 2.96 bits per heavy atom. The molecule has 0 spiro atoms. The number of aromatic nitrogens is 4. The van der Waals surface area contributed by atoms with Gasteiger partial charge in [0.15, 0.2) is 5.65 Å². The topological polar surface area (TPSA) is 99.7 Å². The minimum Gasteiger partial charge on any atom is -0.373 e. The normalized spacial score (nSPS) is 22.8. The van der Waals surface area contributed by atoms with E-state index < -0.39 is 5.56 Å². The molecule has 9 nitrogen and oxygen atoms in total. The molecule has 26 heavy (non-hydrogen) atoms. The molecular weight excluding hydrogens is 336 g/mol. The summed E-state index contributed by atoms with van der Waals surface area (Å²) in [6.07, 6.45) is 6.41. The van der Waals surface area contributed by atoms with E-state index in [1.807, 2.05) is 23.2 Å². The molecule has 5 rings (SSSR count). The molecule has 3 aromatic heterocycles. The average molecular weight is 354 g/mol. The molecule has 2 bridgehead atoms. The van der Waals surface area contributed by atoms with Crippen LogP contribution in [0, 0.1) is 0 Å². The largest absolute Gasteiger partial charge is 0.373 e. The molecule has 5 heterocycles. The predicted molar refractivity (Wildman–Crippen MR) is 92.1 cm³/mol. The van der Waals surface area contributed by atoms with Crippen molar-refractivity contribution in [2.45, 2.75) is 31.3 Å². The van der Waals surface area contributed by atoms with Gasteiger partial charge in [0.2, 0.25) is 5.76 Å². The number of carbonyl (C=O) groups excluding carboxylic acids is 1. The van der Waals surface area contributed by atoms with E-state index in [1.54, 1.807) is 10.7 Å². The number of hydrogen-bond acceptors (Lipinski definition) is 6. The third-order valence-corrected chi connectivity index (χ3v) is 5.32. The van der Waals surface area contributed by atoms with Crippen molar-refractivity contribution in [3.05, 3.63) is 46.7 Å². The number of rotatable bonds is 2. The van der Waals surface area contributed by atoms with Crippen molar-refractivity contribution in [2.75, 3.05) is 18.0 Å². The molecule has 2 saturated heterocycles. The molecule has 0 saturated carbocycles. The van der Waals surface area contributed by atoms with Crippen molar-refractivity contribution in [1.82, 2.24) is 24.7 Å². The third-order valence-electron chi connectivity index (χ3n) is 5.32. The second-order valence-corrected chi connectivity index (χ2v) is 6.83. The van der Waals surface area contributed by atoms with Crippen molar-refractivity contribution in [2.24, 2.45) is 0 Å². The molecule has 2 fully saturated rings. The number of anilines is 1. The quantitative estimate of drug-likeness (QED) is 0.734. The number of amides is 1. The van der Waals surface area contributed by atoms with Gasteiger partial charge in [0.25, 0.3) is 11.5 Å². The summed E-state index contributed by atoms with van der Waals surface area (Å²) in [5.41, 5.74) is 0.411. The summed E-state index contributed by atoms with van der Waals surface area (Å²) in [5, 5.41) is 6.37. The van der Waals surface area contributed by atoms with Crippen LogP contribution in [0.25, 0.3) is 5.65 Å². The predicted octanol–water partition coefficient (Wildman–Crippen LogP) is 0.894. The van der Waals surface area contributed by atoms with Gasteiger partial charge in [-0.05, 0) is 25.3 Å². The molecule has 2 unspecified atom stereocenters.